The lowest BCUT2D eigenvalue weighted by Gasteiger charge is -2.14. The van der Waals surface area contributed by atoms with E-state index < -0.39 is 17.1 Å². The average molecular weight is 408 g/mol. The summed E-state index contributed by atoms with van der Waals surface area (Å²) < 4.78 is 2.13. The van der Waals surface area contributed by atoms with E-state index in [9.17, 15) is 14.7 Å². The van der Waals surface area contributed by atoms with Crippen molar-refractivity contribution in [1.82, 2.24) is 9.13 Å². The summed E-state index contributed by atoms with van der Waals surface area (Å²) in [6, 6.07) is 24.5. The molecule has 1 aliphatic rings. The molecule has 0 aliphatic carbocycles. The Balaban J connectivity index is 1.83. The van der Waals surface area contributed by atoms with Gasteiger partial charge in [-0.1, -0.05) is 48.5 Å². The molecule has 0 atom stereocenters. The highest BCUT2D eigenvalue weighted by Gasteiger charge is 2.20. The van der Waals surface area contributed by atoms with Gasteiger partial charge in [0.05, 0.1) is 22.1 Å². The van der Waals surface area contributed by atoms with Crippen LogP contribution in [0.1, 0.15) is 5.56 Å². The number of hydrogen-bond acceptors (Lipinski definition) is 5. The summed E-state index contributed by atoms with van der Waals surface area (Å²) in [4.78, 5) is 35.4. The Hall–Kier alpha value is -4.52. The number of fused-ring (bicyclic) bond motifs is 1. The second-order valence-electron chi connectivity index (χ2n) is 6.88. The first kappa shape index (κ1) is 18.5. The summed E-state index contributed by atoms with van der Waals surface area (Å²) in [6.45, 7) is 0. The van der Waals surface area contributed by atoms with E-state index in [4.69, 9.17) is 0 Å². The fourth-order valence-corrected chi connectivity index (χ4v) is 3.47. The van der Waals surface area contributed by atoms with E-state index in [1.807, 2.05) is 24.3 Å². The van der Waals surface area contributed by atoms with Crippen LogP contribution in [0, 0.1) is 0 Å². The number of rotatable bonds is 3. The van der Waals surface area contributed by atoms with E-state index in [1.165, 1.54) is 6.08 Å². The SMILES string of the molecule is O=c1c(C=C2N=c3ccccc3=N2)c(O)n(-c2ccccc2)c(=O)n1-c1ccccc1. The molecule has 1 aliphatic heterocycles. The van der Waals surface area contributed by atoms with Crippen molar-refractivity contribution in [2.75, 3.05) is 0 Å². The van der Waals surface area contributed by atoms with Gasteiger partial charge in [-0.15, -0.1) is 0 Å². The quantitative estimate of drug-likeness (QED) is 0.562. The van der Waals surface area contributed by atoms with E-state index in [1.54, 1.807) is 60.7 Å². The number of benzene rings is 3. The predicted octanol–water partition coefficient (Wildman–Crippen LogP) is 1.95. The van der Waals surface area contributed by atoms with Crippen LogP contribution in [0.5, 0.6) is 5.88 Å². The molecular formula is C24H16N4O3. The van der Waals surface area contributed by atoms with Gasteiger partial charge in [-0.3, -0.25) is 4.79 Å². The molecule has 4 aromatic rings. The molecule has 0 spiro atoms. The van der Waals surface area contributed by atoms with Crippen molar-refractivity contribution < 1.29 is 5.11 Å². The molecule has 150 valence electrons. The Morgan fingerprint density at radius 3 is 1.71 bits per heavy atom. The molecule has 0 unspecified atom stereocenters. The van der Waals surface area contributed by atoms with Crippen molar-refractivity contribution in [2.24, 2.45) is 9.98 Å². The smallest absolute Gasteiger partial charge is 0.343 e. The Labute approximate surface area is 175 Å². The molecule has 7 nitrogen and oxygen atoms in total. The maximum absolute atomic E-state index is 13.3. The van der Waals surface area contributed by atoms with Gasteiger partial charge < -0.3 is 5.11 Å². The lowest BCUT2D eigenvalue weighted by molar-refractivity contribution is 0.426. The lowest BCUT2D eigenvalue weighted by Crippen LogP contribution is -2.39. The molecule has 0 fully saturated rings. The number of aromatic nitrogens is 2. The van der Waals surface area contributed by atoms with Gasteiger partial charge in [-0.25, -0.2) is 23.9 Å². The van der Waals surface area contributed by atoms with E-state index in [2.05, 4.69) is 9.98 Å². The molecule has 0 radical (unpaired) electrons. The Morgan fingerprint density at radius 1 is 0.677 bits per heavy atom. The van der Waals surface area contributed by atoms with E-state index in [-0.39, 0.29) is 11.4 Å². The molecule has 31 heavy (non-hydrogen) atoms. The van der Waals surface area contributed by atoms with Crippen LogP contribution < -0.4 is 22.0 Å². The van der Waals surface area contributed by atoms with Crippen molar-refractivity contribution in [1.29, 1.82) is 0 Å². The first-order valence-corrected chi connectivity index (χ1v) is 9.59. The zero-order valence-electron chi connectivity index (χ0n) is 16.2. The Kier molecular flexibility index (Phi) is 4.41. The van der Waals surface area contributed by atoms with Gasteiger partial charge >= 0.3 is 5.69 Å². The highest BCUT2D eigenvalue weighted by atomic mass is 16.3. The summed E-state index contributed by atoms with van der Waals surface area (Å²) in [7, 11) is 0. The van der Waals surface area contributed by atoms with Gasteiger partial charge in [0.25, 0.3) is 5.56 Å². The summed E-state index contributed by atoms with van der Waals surface area (Å²) >= 11 is 0. The van der Waals surface area contributed by atoms with Gasteiger partial charge in [0.1, 0.15) is 5.56 Å². The molecule has 0 bridgehead atoms. The number of para-hydroxylation sites is 4. The van der Waals surface area contributed by atoms with Crippen molar-refractivity contribution >= 4 is 6.08 Å². The third-order valence-corrected chi connectivity index (χ3v) is 4.92. The third kappa shape index (κ3) is 3.18. The minimum absolute atomic E-state index is 0.0809. The van der Waals surface area contributed by atoms with Crippen LogP contribution >= 0.6 is 0 Å². The molecule has 5 rings (SSSR count). The largest absolute Gasteiger partial charge is 0.494 e. The third-order valence-electron chi connectivity index (χ3n) is 4.92. The monoisotopic (exact) mass is 408 g/mol. The molecule has 3 aromatic carbocycles. The zero-order chi connectivity index (χ0) is 21.4. The molecule has 7 heteroatoms. The Morgan fingerprint density at radius 2 is 1.16 bits per heavy atom. The van der Waals surface area contributed by atoms with Crippen molar-refractivity contribution in [3.8, 4) is 17.3 Å². The maximum Gasteiger partial charge on any atom is 0.343 e. The van der Waals surface area contributed by atoms with Gasteiger partial charge in [0.15, 0.2) is 5.82 Å². The van der Waals surface area contributed by atoms with Gasteiger partial charge in [-0.2, -0.15) is 0 Å². The molecule has 0 amide bonds. The second-order valence-corrected chi connectivity index (χ2v) is 6.88. The summed E-state index contributed by atoms with van der Waals surface area (Å²) in [5.41, 5.74) is -0.591. The van der Waals surface area contributed by atoms with Crippen LogP contribution in [0.3, 0.4) is 0 Å². The van der Waals surface area contributed by atoms with E-state index in [0.717, 1.165) is 9.13 Å². The van der Waals surface area contributed by atoms with Crippen LogP contribution in [0.25, 0.3) is 17.5 Å². The first-order valence-electron chi connectivity index (χ1n) is 9.59. The summed E-state index contributed by atoms with van der Waals surface area (Å²) in [5.74, 6) is -0.200. The van der Waals surface area contributed by atoms with Crippen LogP contribution in [0.4, 0.5) is 0 Å². The van der Waals surface area contributed by atoms with Crippen LogP contribution in [0.15, 0.2) is 110 Å². The molecule has 1 aromatic heterocycles. The van der Waals surface area contributed by atoms with E-state index in [0.29, 0.717) is 22.1 Å². The minimum atomic E-state index is -0.675. The van der Waals surface area contributed by atoms with Crippen LogP contribution in [-0.4, -0.2) is 14.2 Å². The van der Waals surface area contributed by atoms with Crippen LogP contribution in [-0.2, 0) is 0 Å². The number of hydrogen-bond donors (Lipinski definition) is 1. The molecule has 0 saturated carbocycles. The molecule has 2 heterocycles. The molecule has 1 N–H and O–H groups in total. The maximum atomic E-state index is 13.3. The standard InChI is InChI=1S/C24H16N4O3/c29-22-18(15-21-25-19-13-7-8-14-20(19)26-21)23(30)28(17-11-5-2-6-12-17)24(31)27(22)16-9-3-1-4-10-16/h1-15,29H. The predicted molar refractivity (Wildman–Crippen MR) is 116 cm³/mol. The number of aromatic hydroxyl groups is 1. The van der Waals surface area contributed by atoms with Crippen molar-refractivity contribution in [3.63, 3.8) is 0 Å². The van der Waals surface area contributed by atoms with Crippen molar-refractivity contribution in [2.45, 2.75) is 0 Å². The number of nitrogens with zero attached hydrogens (tertiary/aromatic N) is 4. The highest BCUT2D eigenvalue weighted by Crippen LogP contribution is 2.20. The highest BCUT2D eigenvalue weighted by molar-refractivity contribution is 5.59. The molecular weight excluding hydrogens is 392 g/mol. The van der Waals surface area contributed by atoms with Crippen molar-refractivity contribution in [3.05, 3.63) is 128 Å². The lowest BCUT2D eigenvalue weighted by atomic mass is 10.2. The molecule has 0 saturated heterocycles. The van der Waals surface area contributed by atoms with Crippen LogP contribution in [0.2, 0.25) is 0 Å². The summed E-state index contributed by atoms with van der Waals surface area (Å²) in [6.07, 6.45) is 1.40. The fraction of sp³-hybridized carbons (Fsp3) is 0. The Bertz CT molecular complexity index is 1530. The average Bonchev–Trinajstić information content (AvgIpc) is 3.21. The zero-order valence-corrected chi connectivity index (χ0v) is 16.2. The summed E-state index contributed by atoms with van der Waals surface area (Å²) in [5, 5.41) is 12.3. The fourth-order valence-electron chi connectivity index (χ4n) is 3.47. The van der Waals surface area contributed by atoms with Gasteiger partial charge in [-0.05, 0) is 36.4 Å². The minimum Gasteiger partial charge on any atom is -0.494 e. The normalized spacial score (nSPS) is 12.1. The van der Waals surface area contributed by atoms with Gasteiger partial charge in [0.2, 0.25) is 5.88 Å². The first-order chi connectivity index (χ1) is 15.1. The van der Waals surface area contributed by atoms with E-state index >= 15 is 0 Å². The second kappa shape index (κ2) is 7.38. The topological polar surface area (TPSA) is 88.9 Å². The van der Waals surface area contributed by atoms with Gasteiger partial charge in [0, 0.05) is 6.08 Å².